The number of ether oxygens (including phenoxy) is 1. The SMILES string of the molecule is COc1cccc(C2=NN(C)CN2C)c1F. The third-order valence-electron chi connectivity index (χ3n) is 2.47. The molecule has 1 aliphatic heterocycles. The molecule has 2 rings (SSSR count). The van der Waals surface area contributed by atoms with E-state index in [4.69, 9.17) is 4.74 Å². The summed E-state index contributed by atoms with van der Waals surface area (Å²) in [5.41, 5.74) is 0.464. The maximum absolute atomic E-state index is 14.0. The van der Waals surface area contributed by atoms with Crippen LogP contribution in [-0.2, 0) is 0 Å². The first kappa shape index (κ1) is 10.7. The van der Waals surface area contributed by atoms with Gasteiger partial charge in [-0.3, -0.25) is 5.01 Å². The molecule has 4 nitrogen and oxygen atoms in total. The van der Waals surface area contributed by atoms with Gasteiger partial charge in [-0.15, -0.1) is 0 Å². The lowest BCUT2D eigenvalue weighted by atomic mass is 10.1. The van der Waals surface area contributed by atoms with E-state index in [-0.39, 0.29) is 11.6 Å². The van der Waals surface area contributed by atoms with Crippen LogP contribution in [0.15, 0.2) is 23.3 Å². The number of nitrogens with zero attached hydrogens (tertiary/aromatic N) is 3. The van der Waals surface area contributed by atoms with Gasteiger partial charge in [0.05, 0.1) is 12.7 Å². The van der Waals surface area contributed by atoms with E-state index in [9.17, 15) is 4.39 Å². The van der Waals surface area contributed by atoms with E-state index in [1.165, 1.54) is 7.11 Å². The molecular formula is C11H14FN3O. The van der Waals surface area contributed by atoms with Gasteiger partial charge in [-0.1, -0.05) is 6.07 Å². The molecule has 0 atom stereocenters. The molecule has 0 fully saturated rings. The zero-order valence-corrected chi connectivity index (χ0v) is 9.57. The molecule has 1 heterocycles. The number of hydrazone groups is 1. The van der Waals surface area contributed by atoms with Crippen molar-refractivity contribution in [2.45, 2.75) is 0 Å². The third-order valence-corrected chi connectivity index (χ3v) is 2.47. The lowest BCUT2D eigenvalue weighted by Crippen LogP contribution is -2.26. The van der Waals surface area contributed by atoms with Crippen LogP contribution in [0.5, 0.6) is 5.75 Å². The van der Waals surface area contributed by atoms with Crippen LogP contribution in [0.4, 0.5) is 4.39 Å². The molecule has 0 radical (unpaired) electrons. The molecular weight excluding hydrogens is 209 g/mol. The van der Waals surface area contributed by atoms with Crippen molar-refractivity contribution in [3.8, 4) is 5.75 Å². The number of rotatable bonds is 2. The summed E-state index contributed by atoms with van der Waals surface area (Å²) in [4.78, 5) is 1.89. The van der Waals surface area contributed by atoms with E-state index in [0.717, 1.165) is 0 Å². The maximum atomic E-state index is 14.0. The van der Waals surface area contributed by atoms with Crippen molar-refractivity contribution in [2.24, 2.45) is 5.10 Å². The fourth-order valence-electron chi connectivity index (χ4n) is 1.74. The minimum absolute atomic E-state index is 0.239. The topological polar surface area (TPSA) is 28.1 Å². The standard InChI is InChI=1S/C11H14FN3O/c1-14-7-15(2)13-11(14)8-5-4-6-9(16-3)10(8)12/h4-6H,7H2,1-3H3. The van der Waals surface area contributed by atoms with E-state index >= 15 is 0 Å². The van der Waals surface area contributed by atoms with E-state index in [2.05, 4.69) is 5.10 Å². The van der Waals surface area contributed by atoms with E-state index in [1.54, 1.807) is 23.2 Å². The van der Waals surface area contributed by atoms with Crippen LogP contribution in [0, 0.1) is 5.82 Å². The van der Waals surface area contributed by atoms with Gasteiger partial charge in [-0.05, 0) is 12.1 Å². The van der Waals surface area contributed by atoms with Crippen LogP contribution in [0.3, 0.4) is 0 Å². The van der Waals surface area contributed by atoms with Gasteiger partial charge in [-0.25, -0.2) is 4.39 Å². The summed E-state index contributed by atoms with van der Waals surface area (Å²) in [5.74, 6) is 0.493. The summed E-state index contributed by atoms with van der Waals surface area (Å²) >= 11 is 0. The van der Waals surface area contributed by atoms with Crippen LogP contribution < -0.4 is 4.74 Å². The smallest absolute Gasteiger partial charge is 0.176 e. The fraction of sp³-hybridized carbons (Fsp3) is 0.364. The zero-order chi connectivity index (χ0) is 11.7. The summed E-state index contributed by atoms with van der Waals surface area (Å²) in [6.45, 7) is 0.659. The predicted molar refractivity (Wildman–Crippen MR) is 59.9 cm³/mol. The minimum Gasteiger partial charge on any atom is -0.494 e. The largest absolute Gasteiger partial charge is 0.494 e. The molecule has 0 spiro atoms. The molecule has 0 saturated carbocycles. The van der Waals surface area contributed by atoms with Gasteiger partial charge >= 0.3 is 0 Å². The molecule has 0 N–H and O–H groups in total. The number of benzene rings is 1. The highest BCUT2D eigenvalue weighted by Gasteiger charge is 2.22. The first-order chi connectivity index (χ1) is 7.63. The molecule has 86 valence electrons. The van der Waals surface area contributed by atoms with Crippen molar-refractivity contribution >= 4 is 5.84 Å². The highest BCUT2D eigenvalue weighted by Crippen LogP contribution is 2.23. The second-order valence-electron chi connectivity index (χ2n) is 3.74. The van der Waals surface area contributed by atoms with Gasteiger partial charge in [0.1, 0.15) is 6.67 Å². The van der Waals surface area contributed by atoms with Crippen molar-refractivity contribution in [1.82, 2.24) is 9.91 Å². The maximum Gasteiger partial charge on any atom is 0.176 e. The molecule has 1 aromatic carbocycles. The number of amidine groups is 1. The Morgan fingerprint density at radius 3 is 2.69 bits per heavy atom. The van der Waals surface area contributed by atoms with Crippen molar-refractivity contribution in [2.75, 3.05) is 27.9 Å². The summed E-state index contributed by atoms with van der Waals surface area (Å²) in [6, 6.07) is 5.05. The zero-order valence-electron chi connectivity index (χ0n) is 9.57. The summed E-state index contributed by atoms with van der Waals surface area (Å²) < 4.78 is 18.9. The Hall–Kier alpha value is -1.78. The first-order valence-electron chi connectivity index (χ1n) is 4.97. The second kappa shape index (κ2) is 4.00. The lowest BCUT2D eigenvalue weighted by molar-refractivity contribution is 0.303. The average Bonchev–Trinajstić information content (AvgIpc) is 2.58. The van der Waals surface area contributed by atoms with Gasteiger partial charge in [-0.2, -0.15) is 5.10 Å². The Morgan fingerprint density at radius 1 is 1.38 bits per heavy atom. The second-order valence-corrected chi connectivity index (χ2v) is 3.74. The molecule has 0 saturated heterocycles. The van der Waals surface area contributed by atoms with E-state index in [1.807, 2.05) is 19.0 Å². The van der Waals surface area contributed by atoms with Gasteiger partial charge in [0.15, 0.2) is 17.4 Å². The van der Waals surface area contributed by atoms with Gasteiger partial charge in [0.2, 0.25) is 0 Å². The van der Waals surface area contributed by atoms with Crippen molar-refractivity contribution in [3.05, 3.63) is 29.6 Å². The lowest BCUT2D eigenvalue weighted by Gasteiger charge is -2.14. The molecule has 1 aliphatic rings. The van der Waals surface area contributed by atoms with Crippen molar-refractivity contribution in [3.63, 3.8) is 0 Å². The summed E-state index contributed by atoms with van der Waals surface area (Å²) in [6.07, 6.45) is 0. The molecule has 0 bridgehead atoms. The Morgan fingerprint density at radius 2 is 2.12 bits per heavy atom. The normalized spacial score (nSPS) is 15.4. The Bertz CT molecular complexity index is 433. The predicted octanol–water partition coefficient (Wildman–Crippen LogP) is 1.33. The molecule has 0 amide bonds. The quantitative estimate of drug-likeness (QED) is 0.757. The fourth-order valence-corrected chi connectivity index (χ4v) is 1.74. The number of hydrogen-bond donors (Lipinski definition) is 0. The molecule has 5 heteroatoms. The minimum atomic E-state index is -0.370. The number of hydrogen-bond acceptors (Lipinski definition) is 4. The molecule has 0 aliphatic carbocycles. The van der Waals surface area contributed by atoms with E-state index < -0.39 is 0 Å². The molecule has 16 heavy (non-hydrogen) atoms. The van der Waals surface area contributed by atoms with Crippen molar-refractivity contribution in [1.29, 1.82) is 0 Å². The molecule has 0 unspecified atom stereocenters. The summed E-state index contributed by atoms with van der Waals surface area (Å²) in [7, 11) is 5.18. The monoisotopic (exact) mass is 223 g/mol. The van der Waals surface area contributed by atoms with Crippen LogP contribution in [0.2, 0.25) is 0 Å². The van der Waals surface area contributed by atoms with Crippen LogP contribution in [-0.4, -0.2) is 43.6 Å². The third kappa shape index (κ3) is 1.68. The van der Waals surface area contributed by atoms with Crippen LogP contribution in [0.25, 0.3) is 0 Å². The molecule has 0 aromatic heterocycles. The van der Waals surface area contributed by atoms with Gasteiger partial charge in [0, 0.05) is 14.1 Å². The molecule has 1 aromatic rings. The Labute approximate surface area is 93.9 Å². The van der Waals surface area contributed by atoms with Crippen molar-refractivity contribution < 1.29 is 9.13 Å². The summed E-state index contributed by atoms with van der Waals surface area (Å²) in [5, 5.41) is 6.01. The highest BCUT2D eigenvalue weighted by atomic mass is 19.1. The average molecular weight is 223 g/mol. The Balaban J connectivity index is 2.45. The van der Waals surface area contributed by atoms with E-state index in [0.29, 0.717) is 18.1 Å². The highest BCUT2D eigenvalue weighted by molar-refractivity contribution is 5.99. The van der Waals surface area contributed by atoms with Crippen LogP contribution >= 0.6 is 0 Å². The van der Waals surface area contributed by atoms with Crippen LogP contribution in [0.1, 0.15) is 5.56 Å². The number of halogens is 1. The van der Waals surface area contributed by atoms with Gasteiger partial charge in [0.25, 0.3) is 0 Å². The Kier molecular flexibility index (Phi) is 2.68. The first-order valence-corrected chi connectivity index (χ1v) is 4.97. The van der Waals surface area contributed by atoms with Gasteiger partial charge < -0.3 is 9.64 Å². The number of methoxy groups -OCH3 is 1.